The van der Waals surface area contributed by atoms with Gasteiger partial charge in [0.1, 0.15) is 17.8 Å². The monoisotopic (exact) mass is 381 g/mol. The van der Waals surface area contributed by atoms with Crippen molar-refractivity contribution in [2.45, 2.75) is 45.3 Å². The Morgan fingerprint density at radius 1 is 1.04 bits per heavy atom. The van der Waals surface area contributed by atoms with Crippen molar-refractivity contribution in [2.75, 3.05) is 21.3 Å². The molecule has 1 atom stereocenters. The van der Waals surface area contributed by atoms with E-state index >= 15 is 0 Å². The van der Waals surface area contributed by atoms with E-state index in [0.717, 1.165) is 0 Å². The summed E-state index contributed by atoms with van der Waals surface area (Å²) in [6.45, 7) is 5.21. The molecule has 0 radical (unpaired) electrons. The zero-order valence-electron chi connectivity index (χ0n) is 16.6. The van der Waals surface area contributed by atoms with Crippen LogP contribution in [0.1, 0.15) is 45.2 Å². The number of Topliss-reactive ketones (excluding diaryl/α,β-unsaturated/α-hetero) is 1. The van der Waals surface area contributed by atoms with Crippen LogP contribution < -0.4 is 14.8 Å². The first-order chi connectivity index (χ1) is 12.6. The van der Waals surface area contributed by atoms with Gasteiger partial charge in [-0.3, -0.25) is 9.59 Å². The topological polar surface area (TPSA) is 100 Å². The lowest BCUT2D eigenvalue weighted by Gasteiger charge is -2.24. The molecule has 0 fully saturated rings. The molecule has 150 valence electrons. The predicted molar refractivity (Wildman–Crippen MR) is 97.9 cm³/mol. The van der Waals surface area contributed by atoms with Crippen LogP contribution in [-0.4, -0.2) is 44.8 Å². The third-order valence-corrected chi connectivity index (χ3v) is 3.50. The molecule has 0 spiro atoms. The number of carbonyl (C=O) groups is 3. The number of hydrogen-bond donors (Lipinski definition) is 1. The smallest absolute Gasteiger partial charge is 0.408 e. The summed E-state index contributed by atoms with van der Waals surface area (Å²) in [5, 5.41) is 2.67. The van der Waals surface area contributed by atoms with Gasteiger partial charge in [-0.05, 0) is 38.5 Å². The molecule has 0 heterocycles. The van der Waals surface area contributed by atoms with E-state index in [9.17, 15) is 14.4 Å². The number of rotatable bonds is 8. The van der Waals surface area contributed by atoms with E-state index in [4.69, 9.17) is 14.2 Å². The number of ketones is 1. The molecule has 8 nitrogen and oxygen atoms in total. The van der Waals surface area contributed by atoms with Crippen molar-refractivity contribution in [3.05, 3.63) is 23.8 Å². The van der Waals surface area contributed by atoms with Crippen molar-refractivity contribution in [2.24, 2.45) is 0 Å². The van der Waals surface area contributed by atoms with Crippen molar-refractivity contribution in [1.29, 1.82) is 0 Å². The average molecular weight is 381 g/mol. The van der Waals surface area contributed by atoms with Gasteiger partial charge < -0.3 is 24.3 Å². The Labute approximate surface area is 159 Å². The fourth-order valence-electron chi connectivity index (χ4n) is 2.30. The van der Waals surface area contributed by atoms with Crippen LogP contribution in [0.4, 0.5) is 4.79 Å². The highest BCUT2D eigenvalue weighted by Crippen LogP contribution is 2.31. The van der Waals surface area contributed by atoms with E-state index in [1.807, 2.05) is 0 Å². The minimum Gasteiger partial charge on any atom is -0.493 e. The molecule has 27 heavy (non-hydrogen) atoms. The number of esters is 1. The second-order valence-electron chi connectivity index (χ2n) is 6.81. The fraction of sp³-hybridized carbons (Fsp3) is 0.526. The van der Waals surface area contributed by atoms with Gasteiger partial charge in [0, 0.05) is 6.42 Å². The number of nitrogens with one attached hydrogen (secondary N) is 1. The van der Waals surface area contributed by atoms with Gasteiger partial charge in [0.15, 0.2) is 11.5 Å². The molecule has 0 aliphatic rings. The maximum absolute atomic E-state index is 12.2. The first kappa shape index (κ1) is 22.3. The van der Waals surface area contributed by atoms with E-state index in [1.165, 1.54) is 21.3 Å². The lowest BCUT2D eigenvalue weighted by atomic mass is 9.99. The molecule has 1 N–H and O–H groups in total. The van der Waals surface area contributed by atoms with Crippen molar-refractivity contribution in [1.82, 2.24) is 5.32 Å². The van der Waals surface area contributed by atoms with Crippen LogP contribution in [-0.2, 0) is 19.1 Å². The summed E-state index contributed by atoms with van der Waals surface area (Å²) < 4.78 is 20.3. The second-order valence-corrected chi connectivity index (χ2v) is 6.81. The van der Waals surface area contributed by atoms with Crippen LogP contribution in [0.25, 0.3) is 0 Å². The molecule has 0 aromatic heterocycles. The van der Waals surface area contributed by atoms with Gasteiger partial charge in [0.25, 0.3) is 0 Å². The number of alkyl carbamates (subject to hydrolysis) is 1. The van der Waals surface area contributed by atoms with Crippen LogP contribution in [0.5, 0.6) is 11.5 Å². The Kier molecular flexibility index (Phi) is 8.08. The third-order valence-electron chi connectivity index (χ3n) is 3.50. The molecule has 0 saturated heterocycles. The summed E-state index contributed by atoms with van der Waals surface area (Å²) in [4.78, 5) is 35.7. The lowest BCUT2D eigenvalue weighted by molar-refractivity contribution is -0.143. The molecular weight excluding hydrogens is 354 g/mol. The Bertz CT molecular complexity index is 679. The zero-order chi connectivity index (χ0) is 20.6. The van der Waals surface area contributed by atoms with Crippen LogP contribution in [0.2, 0.25) is 0 Å². The van der Waals surface area contributed by atoms with Gasteiger partial charge >= 0.3 is 12.1 Å². The molecule has 1 rings (SSSR count). The van der Waals surface area contributed by atoms with Gasteiger partial charge in [-0.25, -0.2) is 4.79 Å². The minimum absolute atomic E-state index is 0.107. The van der Waals surface area contributed by atoms with Crippen molar-refractivity contribution in [3.8, 4) is 11.5 Å². The SMILES string of the molecule is COC(=O)CC(=O)CC(NC(=O)OC(C)(C)C)c1ccc(OC)c(OC)c1. The van der Waals surface area contributed by atoms with E-state index in [0.29, 0.717) is 17.1 Å². The molecule has 0 aliphatic carbocycles. The van der Waals surface area contributed by atoms with E-state index < -0.39 is 23.7 Å². The average Bonchev–Trinajstić information content (AvgIpc) is 2.58. The number of benzene rings is 1. The Morgan fingerprint density at radius 3 is 2.19 bits per heavy atom. The summed E-state index contributed by atoms with van der Waals surface area (Å²) in [7, 11) is 4.20. The molecule has 8 heteroatoms. The standard InChI is InChI=1S/C19H27NO7/c1-19(2,3)27-18(23)20-14(10-13(21)11-17(22)26-6)12-7-8-15(24-4)16(9-12)25-5/h7-9,14H,10-11H2,1-6H3,(H,20,23). The lowest BCUT2D eigenvalue weighted by Crippen LogP contribution is -2.36. The molecule has 0 saturated carbocycles. The first-order valence-corrected chi connectivity index (χ1v) is 8.39. The summed E-state index contributed by atoms with van der Waals surface area (Å²) in [5.41, 5.74) is -0.0841. The maximum Gasteiger partial charge on any atom is 0.408 e. The summed E-state index contributed by atoms with van der Waals surface area (Å²) in [6.07, 6.45) is -1.16. The van der Waals surface area contributed by atoms with E-state index in [2.05, 4.69) is 10.1 Å². The molecule has 1 aromatic carbocycles. The summed E-state index contributed by atoms with van der Waals surface area (Å²) in [6, 6.07) is 4.32. The zero-order valence-corrected chi connectivity index (χ0v) is 16.6. The van der Waals surface area contributed by atoms with Crippen molar-refractivity contribution in [3.63, 3.8) is 0 Å². The van der Waals surface area contributed by atoms with Gasteiger partial charge in [0.2, 0.25) is 0 Å². The largest absolute Gasteiger partial charge is 0.493 e. The highest BCUT2D eigenvalue weighted by Gasteiger charge is 2.24. The van der Waals surface area contributed by atoms with Gasteiger partial charge in [-0.15, -0.1) is 0 Å². The first-order valence-electron chi connectivity index (χ1n) is 8.39. The molecular formula is C19H27NO7. The highest BCUT2D eigenvalue weighted by atomic mass is 16.6. The van der Waals surface area contributed by atoms with Gasteiger partial charge in [-0.2, -0.15) is 0 Å². The number of methoxy groups -OCH3 is 3. The molecule has 0 aliphatic heterocycles. The molecule has 0 bridgehead atoms. The molecule has 1 aromatic rings. The normalized spacial score (nSPS) is 11.9. The minimum atomic E-state index is -0.711. The Morgan fingerprint density at radius 2 is 1.67 bits per heavy atom. The Balaban J connectivity index is 3.07. The quantitative estimate of drug-likeness (QED) is 0.546. The van der Waals surface area contributed by atoms with Crippen LogP contribution in [0.3, 0.4) is 0 Å². The number of hydrogen-bond acceptors (Lipinski definition) is 7. The van der Waals surface area contributed by atoms with Crippen LogP contribution in [0.15, 0.2) is 18.2 Å². The summed E-state index contributed by atoms with van der Waals surface area (Å²) >= 11 is 0. The number of carbonyl (C=O) groups excluding carboxylic acids is 3. The van der Waals surface area contributed by atoms with Crippen molar-refractivity contribution >= 4 is 17.8 Å². The van der Waals surface area contributed by atoms with Crippen LogP contribution in [0, 0.1) is 0 Å². The number of ether oxygens (including phenoxy) is 4. The third kappa shape index (κ3) is 7.55. The second kappa shape index (κ2) is 9.80. The van der Waals surface area contributed by atoms with Crippen molar-refractivity contribution < 1.29 is 33.3 Å². The van der Waals surface area contributed by atoms with Gasteiger partial charge in [-0.1, -0.05) is 6.07 Å². The Hall–Kier alpha value is -2.77. The predicted octanol–water partition coefficient (Wildman–Crippen LogP) is 2.79. The van der Waals surface area contributed by atoms with Gasteiger partial charge in [0.05, 0.1) is 27.4 Å². The molecule has 1 amide bonds. The fourth-order valence-corrected chi connectivity index (χ4v) is 2.30. The molecule has 1 unspecified atom stereocenters. The van der Waals surface area contributed by atoms with E-state index in [1.54, 1.807) is 39.0 Å². The number of amides is 1. The summed E-state index contributed by atoms with van der Waals surface area (Å²) in [5.74, 6) is -0.0504. The van der Waals surface area contributed by atoms with E-state index in [-0.39, 0.29) is 18.6 Å². The maximum atomic E-state index is 12.2. The highest BCUT2D eigenvalue weighted by molar-refractivity contribution is 5.96. The van der Waals surface area contributed by atoms with Crippen LogP contribution >= 0.6 is 0 Å².